The smallest absolute Gasteiger partial charge is 0.446 e. The van der Waals surface area contributed by atoms with Crippen LogP contribution in [0, 0.1) is 0 Å². The molecule has 28 heavy (non-hydrogen) atoms. The van der Waals surface area contributed by atoms with Gasteiger partial charge in [0.15, 0.2) is 11.5 Å². The van der Waals surface area contributed by atoms with Gasteiger partial charge in [-0.25, -0.2) is 23.3 Å². The monoisotopic (exact) mass is 435 g/mol. The summed E-state index contributed by atoms with van der Waals surface area (Å²) in [6.07, 6.45) is 2.55. The van der Waals surface area contributed by atoms with Crippen LogP contribution in [0.25, 0.3) is 0 Å². The average molecular weight is 435 g/mol. The summed E-state index contributed by atoms with van der Waals surface area (Å²) < 4.78 is 62.0. The summed E-state index contributed by atoms with van der Waals surface area (Å²) in [6.45, 7) is -0.232. The van der Waals surface area contributed by atoms with E-state index in [0.717, 1.165) is 11.4 Å². The van der Waals surface area contributed by atoms with Crippen molar-refractivity contribution in [3.63, 3.8) is 0 Å². The van der Waals surface area contributed by atoms with Crippen molar-refractivity contribution in [3.05, 3.63) is 47.9 Å². The SMILES string of the molecule is COCN(c1nccnc1C(=O)OC)S(=O)Cc1ccccc1SC(F)(F)F. The third-order valence-corrected chi connectivity index (χ3v) is 5.44. The van der Waals surface area contributed by atoms with E-state index >= 15 is 0 Å². The summed E-state index contributed by atoms with van der Waals surface area (Å²) in [6, 6.07) is 5.77. The summed E-state index contributed by atoms with van der Waals surface area (Å²) in [7, 11) is 0.585. The van der Waals surface area contributed by atoms with E-state index in [9.17, 15) is 22.2 Å². The largest absolute Gasteiger partial charge is 0.464 e. The van der Waals surface area contributed by atoms with Crippen LogP contribution in [0.4, 0.5) is 19.0 Å². The lowest BCUT2D eigenvalue weighted by Gasteiger charge is -2.23. The molecule has 1 heterocycles. The van der Waals surface area contributed by atoms with Crippen molar-refractivity contribution in [2.45, 2.75) is 16.2 Å². The maximum absolute atomic E-state index is 12.9. The lowest BCUT2D eigenvalue weighted by molar-refractivity contribution is -0.0328. The number of benzene rings is 1. The zero-order chi connectivity index (χ0) is 20.7. The molecule has 0 bridgehead atoms. The minimum atomic E-state index is -4.48. The molecule has 0 spiro atoms. The van der Waals surface area contributed by atoms with E-state index in [0.29, 0.717) is 0 Å². The number of hydrogen-bond donors (Lipinski definition) is 0. The molecule has 1 atom stereocenters. The van der Waals surface area contributed by atoms with E-state index in [2.05, 4.69) is 14.7 Å². The fourth-order valence-electron chi connectivity index (χ4n) is 2.15. The van der Waals surface area contributed by atoms with Crippen molar-refractivity contribution < 1.29 is 31.6 Å². The molecule has 0 amide bonds. The second kappa shape index (κ2) is 9.85. The molecule has 7 nitrogen and oxygen atoms in total. The maximum atomic E-state index is 12.9. The molecular weight excluding hydrogens is 419 g/mol. The summed E-state index contributed by atoms with van der Waals surface area (Å²) in [5.74, 6) is -1.11. The van der Waals surface area contributed by atoms with Gasteiger partial charge in [0, 0.05) is 24.4 Å². The molecule has 12 heteroatoms. The molecule has 1 aromatic heterocycles. The van der Waals surface area contributed by atoms with Crippen LogP contribution in [0.5, 0.6) is 0 Å². The van der Waals surface area contributed by atoms with E-state index in [1.807, 2.05) is 0 Å². The van der Waals surface area contributed by atoms with Gasteiger partial charge in [-0.2, -0.15) is 13.2 Å². The standard InChI is InChI=1S/C16H16F3N3O4S2/c1-25-10-22(14-13(15(23)26-2)20-7-8-21-14)28(24)9-11-5-3-4-6-12(11)27-16(17,18)19/h3-8H,9-10H2,1-2H3. The first kappa shape index (κ1) is 22.1. The van der Waals surface area contributed by atoms with Gasteiger partial charge in [-0.3, -0.25) is 0 Å². The number of rotatable bonds is 8. The van der Waals surface area contributed by atoms with Crippen LogP contribution in [0.3, 0.4) is 0 Å². The maximum Gasteiger partial charge on any atom is 0.446 e. The second-order valence-electron chi connectivity index (χ2n) is 5.14. The zero-order valence-electron chi connectivity index (χ0n) is 14.8. The van der Waals surface area contributed by atoms with Crippen LogP contribution >= 0.6 is 11.8 Å². The fraction of sp³-hybridized carbons (Fsp3) is 0.312. The van der Waals surface area contributed by atoms with Crippen LogP contribution < -0.4 is 4.31 Å². The Morgan fingerprint density at radius 2 is 1.89 bits per heavy atom. The number of hydrogen-bond acceptors (Lipinski definition) is 7. The molecule has 0 saturated heterocycles. The van der Waals surface area contributed by atoms with Gasteiger partial charge in [0.1, 0.15) is 17.7 Å². The molecule has 2 rings (SSSR count). The second-order valence-corrected chi connectivity index (χ2v) is 7.62. The fourth-order valence-corrected chi connectivity index (χ4v) is 4.13. The van der Waals surface area contributed by atoms with Gasteiger partial charge < -0.3 is 9.47 Å². The molecule has 0 saturated carbocycles. The molecule has 0 aliphatic rings. The summed E-state index contributed by atoms with van der Waals surface area (Å²) in [4.78, 5) is 19.8. The number of alkyl halides is 3. The number of esters is 1. The topological polar surface area (TPSA) is 81.6 Å². The van der Waals surface area contributed by atoms with Crippen molar-refractivity contribution in [2.75, 3.05) is 25.3 Å². The van der Waals surface area contributed by atoms with E-state index in [4.69, 9.17) is 4.74 Å². The molecular formula is C16H16F3N3O4S2. The van der Waals surface area contributed by atoms with Crippen LogP contribution in [-0.2, 0) is 26.2 Å². The van der Waals surface area contributed by atoms with Gasteiger partial charge in [0.2, 0.25) is 0 Å². The Bertz CT molecular complexity index is 852. The number of thioether (sulfide) groups is 1. The quantitative estimate of drug-likeness (QED) is 0.358. The number of anilines is 1. The highest BCUT2D eigenvalue weighted by atomic mass is 32.2. The Labute approximate surface area is 165 Å². The van der Waals surface area contributed by atoms with Crippen LogP contribution in [0.15, 0.2) is 41.6 Å². The van der Waals surface area contributed by atoms with Crippen LogP contribution in [0.1, 0.15) is 16.1 Å². The first-order valence-electron chi connectivity index (χ1n) is 7.64. The van der Waals surface area contributed by atoms with Gasteiger partial charge in [-0.15, -0.1) is 0 Å². The zero-order valence-corrected chi connectivity index (χ0v) is 16.4. The predicted molar refractivity (Wildman–Crippen MR) is 97.9 cm³/mol. The highest BCUT2D eigenvalue weighted by Gasteiger charge is 2.31. The minimum absolute atomic E-state index is 0.0597. The Morgan fingerprint density at radius 3 is 2.54 bits per heavy atom. The third-order valence-electron chi connectivity index (χ3n) is 3.26. The molecule has 0 N–H and O–H groups in total. The van der Waals surface area contributed by atoms with E-state index in [1.165, 1.54) is 37.7 Å². The van der Waals surface area contributed by atoms with Crippen LogP contribution in [-0.4, -0.2) is 46.6 Å². The molecule has 152 valence electrons. The van der Waals surface area contributed by atoms with Gasteiger partial charge in [0.25, 0.3) is 0 Å². The highest BCUT2D eigenvalue weighted by molar-refractivity contribution is 8.00. The van der Waals surface area contributed by atoms with Crippen molar-refractivity contribution in [2.24, 2.45) is 0 Å². The van der Waals surface area contributed by atoms with Crippen LogP contribution in [0.2, 0.25) is 0 Å². The number of methoxy groups -OCH3 is 2. The summed E-state index contributed by atoms with van der Waals surface area (Å²) in [5, 5.41) is 0. The summed E-state index contributed by atoms with van der Waals surface area (Å²) in [5.41, 5.74) is -4.44. The molecule has 0 radical (unpaired) electrons. The molecule has 0 fully saturated rings. The number of aromatic nitrogens is 2. The van der Waals surface area contributed by atoms with Crippen molar-refractivity contribution in [1.82, 2.24) is 9.97 Å². The third kappa shape index (κ3) is 5.91. The van der Waals surface area contributed by atoms with E-state index < -0.39 is 22.5 Å². The Hall–Kier alpha value is -2.18. The first-order valence-corrected chi connectivity index (χ1v) is 9.74. The number of carbonyl (C=O) groups is 1. The average Bonchev–Trinajstić information content (AvgIpc) is 2.66. The highest BCUT2D eigenvalue weighted by Crippen LogP contribution is 2.39. The number of ether oxygens (including phenoxy) is 2. The first-order chi connectivity index (χ1) is 13.3. The van der Waals surface area contributed by atoms with Gasteiger partial charge in [-0.1, -0.05) is 18.2 Å². The Kier molecular flexibility index (Phi) is 7.78. The van der Waals surface area contributed by atoms with E-state index in [-0.39, 0.29) is 46.2 Å². The lowest BCUT2D eigenvalue weighted by atomic mass is 10.2. The molecule has 0 aliphatic heterocycles. The summed E-state index contributed by atoms with van der Waals surface area (Å²) >= 11 is -0.284. The molecule has 1 unspecified atom stereocenters. The number of carbonyl (C=O) groups excluding carboxylic acids is 1. The molecule has 1 aromatic carbocycles. The Morgan fingerprint density at radius 1 is 1.21 bits per heavy atom. The van der Waals surface area contributed by atoms with Crippen molar-refractivity contribution >= 4 is 34.5 Å². The molecule has 2 aromatic rings. The lowest BCUT2D eigenvalue weighted by Crippen LogP contribution is -2.32. The predicted octanol–water partition coefficient (Wildman–Crippen LogP) is 3.15. The molecule has 0 aliphatic carbocycles. The van der Waals surface area contributed by atoms with E-state index in [1.54, 1.807) is 6.07 Å². The van der Waals surface area contributed by atoms with Crippen molar-refractivity contribution in [3.8, 4) is 0 Å². The van der Waals surface area contributed by atoms with Gasteiger partial charge in [0.05, 0.1) is 12.9 Å². The number of nitrogens with zero attached hydrogens (tertiary/aromatic N) is 3. The van der Waals surface area contributed by atoms with Gasteiger partial charge in [-0.05, 0) is 23.4 Å². The van der Waals surface area contributed by atoms with Gasteiger partial charge >= 0.3 is 11.5 Å². The Balaban J connectivity index is 2.35. The normalized spacial score (nSPS) is 12.5. The minimum Gasteiger partial charge on any atom is -0.464 e. The number of halogens is 3. The van der Waals surface area contributed by atoms with Crippen molar-refractivity contribution in [1.29, 1.82) is 0 Å².